The molecule has 3 N–H and O–H groups in total. The predicted octanol–water partition coefficient (Wildman–Crippen LogP) is 3.91. The minimum atomic E-state index is -0.340. The van der Waals surface area contributed by atoms with Gasteiger partial charge in [0.15, 0.2) is 11.8 Å². The highest BCUT2D eigenvalue weighted by Gasteiger charge is 2.24. The summed E-state index contributed by atoms with van der Waals surface area (Å²) in [4.78, 5) is 8.46. The van der Waals surface area contributed by atoms with Gasteiger partial charge < -0.3 is 10.6 Å². The second-order valence-electron chi connectivity index (χ2n) is 7.32. The number of nitrogens with one attached hydrogen (secondary N) is 3. The highest BCUT2D eigenvalue weighted by Crippen LogP contribution is 2.29. The monoisotopic (exact) mass is 414 g/mol. The molecule has 0 bridgehead atoms. The molecular weight excluding hydrogens is 391 g/mol. The van der Waals surface area contributed by atoms with Crippen molar-refractivity contribution in [2.24, 2.45) is 4.99 Å². The number of rotatable bonds is 6. The van der Waals surface area contributed by atoms with Crippen LogP contribution in [0.25, 0.3) is 11.4 Å². The molecule has 3 aromatic rings. The Balaban J connectivity index is 1.60. The summed E-state index contributed by atoms with van der Waals surface area (Å²) >= 11 is 6.24. The van der Waals surface area contributed by atoms with Gasteiger partial charge in [0, 0.05) is 36.1 Å². The maximum absolute atomic E-state index is 13.3. The zero-order chi connectivity index (χ0) is 20.9. The van der Waals surface area contributed by atoms with Crippen molar-refractivity contribution in [2.45, 2.75) is 25.8 Å². The summed E-state index contributed by atoms with van der Waals surface area (Å²) in [5.74, 6) is 1.06. The lowest BCUT2D eigenvalue weighted by atomic mass is 9.84. The summed E-state index contributed by atoms with van der Waals surface area (Å²) in [6, 6.07) is 12.5. The number of H-pyrrole nitrogens is 1. The maximum Gasteiger partial charge on any atom is 0.191 e. The molecule has 2 aromatic carbocycles. The smallest absolute Gasteiger partial charge is 0.191 e. The molecule has 0 aliphatic rings. The van der Waals surface area contributed by atoms with Crippen LogP contribution in [0.5, 0.6) is 0 Å². The van der Waals surface area contributed by atoms with Crippen LogP contribution in [0.1, 0.15) is 25.0 Å². The third kappa shape index (κ3) is 5.32. The number of aromatic nitrogens is 3. The van der Waals surface area contributed by atoms with Gasteiger partial charge in [-0.1, -0.05) is 49.7 Å². The second kappa shape index (κ2) is 9.05. The van der Waals surface area contributed by atoms with E-state index in [1.165, 1.54) is 18.5 Å². The molecule has 3 rings (SSSR count). The first-order valence-electron chi connectivity index (χ1n) is 9.24. The summed E-state index contributed by atoms with van der Waals surface area (Å²) in [6.07, 6.45) is 1.49. The molecule has 29 heavy (non-hydrogen) atoms. The SMILES string of the molecule is CN=C(NCc1cccc(-c2ncn[nH]2)c1)NCC(C)(C)c1ccc(F)cc1Cl. The Morgan fingerprint density at radius 2 is 2.03 bits per heavy atom. The first-order valence-corrected chi connectivity index (χ1v) is 9.61. The molecule has 0 spiro atoms. The van der Waals surface area contributed by atoms with Gasteiger partial charge in [-0.3, -0.25) is 10.1 Å². The highest BCUT2D eigenvalue weighted by atomic mass is 35.5. The van der Waals surface area contributed by atoms with Crippen molar-refractivity contribution in [3.63, 3.8) is 0 Å². The number of halogens is 2. The minimum absolute atomic E-state index is 0.311. The fraction of sp³-hybridized carbons (Fsp3) is 0.286. The van der Waals surface area contributed by atoms with Gasteiger partial charge in [0.2, 0.25) is 0 Å². The molecule has 0 atom stereocenters. The van der Waals surface area contributed by atoms with Crippen molar-refractivity contribution in [2.75, 3.05) is 13.6 Å². The topological polar surface area (TPSA) is 78.0 Å². The van der Waals surface area contributed by atoms with E-state index in [0.29, 0.717) is 24.1 Å². The van der Waals surface area contributed by atoms with E-state index in [9.17, 15) is 4.39 Å². The number of nitrogens with zero attached hydrogens (tertiary/aromatic N) is 3. The van der Waals surface area contributed by atoms with E-state index < -0.39 is 0 Å². The van der Waals surface area contributed by atoms with Crippen LogP contribution in [0, 0.1) is 5.82 Å². The fourth-order valence-corrected chi connectivity index (χ4v) is 3.44. The lowest BCUT2D eigenvalue weighted by Gasteiger charge is -2.27. The van der Waals surface area contributed by atoms with Gasteiger partial charge in [-0.2, -0.15) is 5.10 Å². The number of benzene rings is 2. The molecule has 1 aromatic heterocycles. The Kier molecular flexibility index (Phi) is 6.49. The van der Waals surface area contributed by atoms with Crippen molar-refractivity contribution < 1.29 is 4.39 Å². The lowest BCUT2D eigenvalue weighted by Crippen LogP contribution is -2.43. The van der Waals surface area contributed by atoms with E-state index in [0.717, 1.165) is 22.5 Å². The molecule has 0 unspecified atom stereocenters. The highest BCUT2D eigenvalue weighted by molar-refractivity contribution is 6.31. The summed E-state index contributed by atoms with van der Waals surface area (Å²) < 4.78 is 13.3. The van der Waals surface area contributed by atoms with E-state index >= 15 is 0 Å². The predicted molar refractivity (Wildman–Crippen MR) is 114 cm³/mol. The molecule has 0 aliphatic carbocycles. The fourth-order valence-electron chi connectivity index (χ4n) is 3.02. The van der Waals surface area contributed by atoms with E-state index in [2.05, 4.69) is 30.8 Å². The zero-order valence-electron chi connectivity index (χ0n) is 16.6. The van der Waals surface area contributed by atoms with Gasteiger partial charge in [-0.25, -0.2) is 9.37 Å². The normalized spacial score (nSPS) is 12.1. The summed E-state index contributed by atoms with van der Waals surface area (Å²) in [6.45, 7) is 5.27. The van der Waals surface area contributed by atoms with Gasteiger partial charge in [-0.15, -0.1) is 0 Å². The summed E-state index contributed by atoms with van der Waals surface area (Å²) in [5, 5.41) is 13.8. The molecule has 152 valence electrons. The van der Waals surface area contributed by atoms with Gasteiger partial charge in [0.25, 0.3) is 0 Å². The van der Waals surface area contributed by atoms with Crippen LogP contribution < -0.4 is 10.6 Å². The van der Waals surface area contributed by atoms with Crippen molar-refractivity contribution >= 4 is 17.6 Å². The zero-order valence-corrected chi connectivity index (χ0v) is 17.4. The van der Waals surface area contributed by atoms with E-state index in [1.54, 1.807) is 13.1 Å². The van der Waals surface area contributed by atoms with Gasteiger partial charge in [0.1, 0.15) is 12.1 Å². The lowest BCUT2D eigenvalue weighted by molar-refractivity contribution is 0.507. The van der Waals surface area contributed by atoms with E-state index in [4.69, 9.17) is 11.6 Å². The Bertz CT molecular complexity index is 985. The van der Waals surface area contributed by atoms with E-state index in [-0.39, 0.29) is 11.2 Å². The Morgan fingerprint density at radius 1 is 1.21 bits per heavy atom. The molecule has 8 heteroatoms. The molecular formula is C21H24ClFN6. The first-order chi connectivity index (χ1) is 13.9. The number of hydrogen-bond acceptors (Lipinski definition) is 3. The van der Waals surface area contributed by atoms with Gasteiger partial charge in [-0.05, 0) is 29.3 Å². The number of guanidine groups is 1. The van der Waals surface area contributed by atoms with Crippen molar-refractivity contribution in [3.8, 4) is 11.4 Å². The number of aliphatic imine (C=N–C) groups is 1. The van der Waals surface area contributed by atoms with Crippen molar-refractivity contribution in [3.05, 3.63) is 70.8 Å². The van der Waals surface area contributed by atoms with Crippen molar-refractivity contribution in [1.29, 1.82) is 0 Å². The Labute approximate surface area is 174 Å². The number of aromatic amines is 1. The van der Waals surface area contributed by atoms with Gasteiger partial charge in [0.05, 0.1) is 0 Å². The molecule has 0 fully saturated rings. The largest absolute Gasteiger partial charge is 0.356 e. The second-order valence-corrected chi connectivity index (χ2v) is 7.73. The molecule has 0 radical (unpaired) electrons. The van der Waals surface area contributed by atoms with Crippen LogP contribution in [0.3, 0.4) is 0 Å². The van der Waals surface area contributed by atoms with Crippen LogP contribution in [0.15, 0.2) is 53.8 Å². The number of hydrogen-bond donors (Lipinski definition) is 3. The minimum Gasteiger partial charge on any atom is -0.356 e. The standard InChI is InChI=1S/C21H24ClFN6/c1-21(2,17-8-7-16(23)10-18(17)22)12-26-20(24-3)25-11-14-5-4-6-15(9-14)19-27-13-28-29-19/h4-10,13H,11-12H2,1-3H3,(H2,24,25,26)(H,27,28,29). The molecule has 0 saturated heterocycles. The van der Waals surface area contributed by atoms with Crippen LogP contribution in [-0.2, 0) is 12.0 Å². The van der Waals surface area contributed by atoms with Gasteiger partial charge >= 0.3 is 0 Å². The molecule has 0 aliphatic heterocycles. The molecule has 6 nitrogen and oxygen atoms in total. The van der Waals surface area contributed by atoms with Crippen LogP contribution in [0.2, 0.25) is 5.02 Å². The average Bonchev–Trinajstić information content (AvgIpc) is 3.23. The molecule has 0 saturated carbocycles. The summed E-state index contributed by atoms with van der Waals surface area (Å²) in [7, 11) is 1.72. The summed E-state index contributed by atoms with van der Waals surface area (Å²) in [5.41, 5.74) is 2.62. The molecule has 0 amide bonds. The van der Waals surface area contributed by atoms with Crippen LogP contribution >= 0.6 is 11.6 Å². The van der Waals surface area contributed by atoms with Crippen LogP contribution in [0.4, 0.5) is 4.39 Å². The Morgan fingerprint density at radius 3 is 2.72 bits per heavy atom. The first kappa shape index (κ1) is 20.8. The maximum atomic E-state index is 13.3. The van der Waals surface area contributed by atoms with Crippen LogP contribution in [-0.4, -0.2) is 34.7 Å². The van der Waals surface area contributed by atoms with E-state index in [1.807, 2.05) is 38.1 Å². The average molecular weight is 415 g/mol. The molecule has 1 heterocycles. The third-order valence-electron chi connectivity index (χ3n) is 4.66. The van der Waals surface area contributed by atoms with Crippen molar-refractivity contribution in [1.82, 2.24) is 25.8 Å². The Hall–Kier alpha value is -2.93. The quantitative estimate of drug-likeness (QED) is 0.422. The third-order valence-corrected chi connectivity index (χ3v) is 4.97.